The highest BCUT2D eigenvalue weighted by Crippen LogP contribution is 2.15. The fourth-order valence-electron chi connectivity index (χ4n) is 1.35. The van der Waals surface area contributed by atoms with E-state index >= 15 is 0 Å². The summed E-state index contributed by atoms with van der Waals surface area (Å²) in [5.74, 6) is 6.47. The van der Waals surface area contributed by atoms with Gasteiger partial charge in [-0.2, -0.15) is 0 Å². The van der Waals surface area contributed by atoms with Gasteiger partial charge in [0.25, 0.3) is 0 Å². The minimum atomic E-state index is -0.647. The van der Waals surface area contributed by atoms with Gasteiger partial charge in [-0.25, -0.2) is 0 Å². The quantitative estimate of drug-likeness (QED) is 0.776. The third kappa shape index (κ3) is 2.75. The van der Waals surface area contributed by atoms with Crippen molar-refractivity contribution in [3.63, 3.8) is 0 Å². The van der Waals surface area contributed by atoms with Crippen molar-refractivity contribution in [1.82, 2.24) is 0 Å². The van der Waals surface area contributed by atoms with E-state index in [1.165, 1.54) is 0 Å². The molecule has 0 aliphatic rings. The third-order valence-corrected chi connectivity index (χ3v) is 2.17. The average molecular weight is 212 g/mol. The summed E-state index contributed by atoms with van der Waals surface area (Å²) in [7, 11) is 0. The highest BCUT2D eigenvalue weighted by molar-refractivity contribution is 5.33. The molecule has 1 heterocycles. The van der Waals surface area contributed by atoms with Crippen LogP contribution in [0.25, 0.3) is 0 Å². The summed E-state index contributed by atoms with van der Waals surface area (Å²) >= 11 is 0. The van der Waals surface area contributed by atoms with Crippen molar-refractivity contribution in [2.45, 2.75) is 12.5 Å². The van der Waals surface area contributed by atoms with Crippen molar-refractivity contribution in [2.24, 2.45) is 0 Å². The van der Waals surface area contributed by atoms with Crippen molar-refractivity contribution in [2.75, 3.05) is 0 Å². The Morgan fingerprint density at radius 2 is 1.94 bits per heavy atom. The van der Waals surface area contributed by atoms with Crippen LogP contribution in [0.4, 0.5) is 0 Å². The van der Waals surface area contributed by atoms with E-state index in [4.69, 9.17) is 4.42 Å². The van der Waals surface area contributed by atoms with Crippen molar-refractivity contribution in [3.8, 4) is 11.8 Å². The van der Waals surface area contributed by atoms with E-state index in [-0.39, 0.29) is 0 Å². The van der Waals surface area contributed by atoms with Gasteiger partial charge in [-0.05, 0) is 24.3 Å². The summed E-state index contributed by atoms with van der Waals surface area (Å²) in [4.78, 5) is 0. The zero-order chi connectivity index (χ0) is 11.2. The molecule has 2 aromatic rings. The normalized spacial score (nSPS) is 11.6. The molecule has 0 fully saturated rings. The molecular formula is C14H12O2. The smallest absolute Gasteiger partial charge is 0.133 e. The molecule has 0 saturated heterocycles. The molecule has 2 heteroatoms. The van der Waals surface area contributed by atoms with Crippen LogP contribution >= 0.6 is 0 Å². The van der Waals surface area contributed by atoms with Gasteiger partial charge < -0.3 is 9.52 Å². The summed E-state index contributed by atoms with van der Waals surface area (Å²) in [5.41, 5.74) is 0.953. The Morgan fingerprint density at radius 3 is 2.62 bits per heavy atom. The molecular weight excluding hydrogens is 200 g/mol. The predicted octanol–water partition coefficient (Wildman–Crippen LogP) is 2.75. The minimum Gasteiger partial charge on any atom is -0.467 e. The predicted molar refractivity (Wildman–Crippen MR) is 61.6 cm³/mol. The second-order valence-corrected chi connectivity index (χ2v) is 3.40. The van der Waals surface area contributed by atoms with Crippen LogP contribution in [0.3, 0.4) is 0 Å². The lowest BCUT2D eigenvalue weighted by Gasteiger charge is -2.00. The van der Waals surface area contributed by atoms with Crippen LogP contribution in [0.1, 0.15) is 23.8 Å². The van der Waals surface area contributed by atoms with Gasteiger partial charge in [0, 0.05) is 12.0 Å². The molecule has 1 N–H and O–H groups in total. The maximum absolute atomic E-state index is 9.69. The second-order valence-electron chi connectivity index (χ2n) is 3.40. The van der Waals surface area contributed by atoms with Gasteiger partial charge in [0.15, 0.2) is 0 Å². The Labute approximate surface area is 94.5 Å². The van der Waals surface area contributed by atoms with Gasteiger partial charge in [0.2, 0.25) is 0 Å². The molecule has 2 nitrogen and oxygen atoms in total. The molecule has 0 aliphatic heterocycles. The summed E-state index contributed by atoms with van der Waals surface area (Å²) in [6.45, 7) is 0. The van der Waals surface area contributed by atoms with E-state index in [1.807, 2.05) is 30.3 Å². The first-order valence-electron chi connectivity index (χ1n) is 5.11. The molecule has 0 radical (unpaired) electrons. The number of aliphatic hydroxyl groups is 1. The van der Waals surface area contributed by atoms with Crippen LogP contribution in [-0.2, 0) is 0 Å². The van der Waals surface area contributed by atoms with Gasteiger partial charge in [-0.1, -0.05) is 30.0 Å². The van der Waals surface area contributed by atoms with E-state index in [9.17, 15) is 5.11 Å². The molecule has 1 atom stereocenters. The first-order chi connectivity index (χ1) is 7.86. The molecule has 16 heavy (non-hydrogen) atoms. The van der Waals surface area contributed by atoms with Crippen molar-refractivity contribution < 1.29 is 9.52 Å². The monoisotopic (exact) mass is 212 g/mol. The molecule has 0 aliphatic carbocycles. The molecule has 1 aromatic heterocycles. The van der Waals surface area contributed by atoms with Crippen LogP contribution in [0.5, 0.6) is 0 Å². The molecule has 2 rings (SSSR count). The molecule has 0 bridgehead atoms. The lowest BCUT2D eigenvalue weighted by Crippen LogP contribution is -1.92. The van der Waals surface area contributed by atoms with Gasteiger partial charge in [-0.15, -0.1) is 0 Å². The topological polar surface area (TPSA) is 33.4 Å². The SMILES string of the molecule is OC(CC#Cc1ccccc1)c1ccco1. The Balaban J connectivity index is 1.96. The van der Waals surface area contributed by atoms with Gasteiger partial charge in [0.1, 0.15) is 11.9 Å². The highest BCUT2D eigenvalue weighted by Gasteiger charge is 2.07. The molecule has 0 amide bonds. The number of hydrogen-bond acceptors (Lipinski definition) is 2. The van der Waals surface area contributed by atoms with Crippen LogP contribution in [0.15, 0.2) is 53.1 Å². The Bertz CT molecular complexity index is 474. The average Bonchev–Trinajstić information content (AvgIpc) is 2.84. The number of aliphatic hydroxyl groups excluding tert-OH is 1. The molecule has 1 unspecified atom stereocenters. The third-order valence-electron chi connectivity index (χ3n) is 2.17. The van der Waals surface area contributed by atoms with Crippen molar-refractivity contribution in [1.29, 1.82) is 0 Å². The van der Waals surface area contributed by atoms with Gasteiger partial charge in [-0.3, -0.25) is 0 Å². The van der Waals surface area contributed by atoms with Crippen molar-refractivity contribution in [3.05, 3.63) is 60.1 Å². The number of benzene rings is 1. The number of hydrogen-bond donors (Lipinski definition) is 1. The van der Waals surface area contributed by atoms with E-state index < -0.39 is 6.10 Å². The highest BCUT2D eigenvalue weighted by atomic mass is 16.4. The lowest BCUT2D eigenvalue weighted by molar-refractivity contribution is 0.155. The summed E-state index contributed by atoms with van der Waals surface area (Å²) in [6.07, 6.45) is 1.28. The Morgan fingerprint density at radius 1 is 1.12 bits per heavy atom. The summed E-state index contributed by atoms with van der Waals surface area (Å²) in [5, 5.41) is 9.69. The largest absolute Gasteiger partial charge is 0.467 e. The Hall–Kier alpha value is -1.98. The first-order valence-corrected chi connectivity index (χ1v) is 5.11. The molecule has 80 valence electrons. The van der Waals surface area contributed by atoms with Crippen LogP contribution in [0, 0.1) is 11.8 Å². The van der Waals surface area contributed by atoms with Crippen molar-refractivity contribution >= 4 is 0 Å². The van der Waals surface area contributed by atoms with Crippen LogP contribution in [0.2, 0.25) is 0 Å². The van der Waals surface area contributed by atoms with Gasteiger partial charge in [0.05, 0.1) is 6.26 Å². The summed E-state index contributed by atoms with van der Waals surface area (Å²) < 4.78 is 5.08. The van der Waals surface area contributed by atoms with E-state index in [2.05, 4.69) is 11.8 Å². The standard InChI is InChI=1S/C14H12O2/c15-13(14-10-5-11-16-14)9-4-8-12-6-2-1-3-7-12/h1-3,5-7,10-11,13,15H,9H2. The molecule has 1 aromatic carbocycles. The maximum Gasteiger partial charge on any atom is 0.133 e. The second kappa shape index (κ2) is 5.20. The minimum absolute atomic E-state index is 0.377. The number of rotatable bonds is 2. The lowest BCUT2D eigenvalue weighted by atomic mass is 10.2. The fraction of sp³-hybridized carbons (Fsp3) is 0.143. The van der Waals surface area contributed by atoms with Crippen LogP contribution < -0.4 is 0 Å². The maximum atomic E-state index is 9.69. The zero-order valence-electron chi connectivity index (χ0n) is 8.76. The molecule has 0 saturated carbocycles. The van der Waals surface area contributed by atoms with Crippen LogP contribution in [-0.4, -0.2) is 5.11 Å². The fourth-order valence-corrected chi connectivity index (χ4v) is 1.35. The first kappa shape index (κ1) is 10.5. The van der Waals surface area contributed by atoms with E-state index in [0.29, 0.717) is 12.2 Å². The number of furan rings is 1. The van der Waals surface area contributed by atoms with E-state index in [0.717, 1.165) is 5.56 Å². The summed E-state index contributed by atoms with van der Waals surface area (Å²) in [6, 6.07) is 13.2. The van der Waals surface area contributed by atoms with Gasteiger partial charge >= 0.3 is 0 Å². The molecule has 0 spiro atoms. The Kier molecular flexibility index (Phi) is 3.42. The van der Waals surface area contributed by atoms with E-state index in [1.54, 1.807) is 18.4 Å². The zero-order valence-corrected chi connectivity index (χ0v) is 8.76.